The average Bonchev–Trinajstić information content (AvgIpc) is 3.26. The van der Waals surface area contributed by atoms with Crippen LogP contribution in [0.15, 0.2) is 24.3 Å². The standard InChI is InChI=1S/C51H94O12S/c1-3-5-7-9-11-13-15-17-19-21-22-24-26-28-30-32-34-36-38-40-47(53)62-44(42-61-51-50(56)49(55)48(54)45(63-51)43-64(57,58)59)41-60-46(52)39-37-35-33-31-29-27-25-23-20-18-16-14-12-10-8-6-4-2/h11,13,17,19,44-45,48-51,54-56H,3-10,12,14-16,18,20-43H2,1-2H3,(H,57,58,59)/b13-11+,19-17+/t44-,45-,48-,49?,50?,51+/m1/s1. The van der Waals surface area contributed by atoms with Crippen molar-refractivity contribution in [2.75, 3.05) is 19.0 Å². The number of hydrogen-bond donors (Lipinski definition) is 4. The molecular weight excluding hydrogens is 837 g/mol. The van der Waals surface area contributed by atoms with Gasteiger partial charge in [-0.2, -0.15) is 8.42 Å². The first-order valence-corrected chi connectivity index (χ1v) is 27.5. The largest absolute Gasteiger partial charge is 0.462 e. The SMILES string of the molecule is CCCCC/C=C/C/C=C/CCCCCCCCCCCC(=O)O[C@H](COC(=O)CCCCCCCCCCCCCCCCCCC)CO[C@H]1O[C@H](CS(=O)(=O)O)[C@@H](O)C(O)C1O. The summed E-state index contributed by atoms with van der Waals surface area (Å²) in [6.45, 7) is 3.77. The highest BCUT2D eigenvalue weighted by Crippen LogP contribution is 2.24. The van der Waals surface area contributed by atoms with Crippen LogP contribution in [0.5, 0.6) is 0 Å². The lowest BCUT2D eigenvalue weighted by Crippen LogP contribution is -2.60. The zero-order valence-electron chi connectivity index (χ0n) is 40.4. The van der Waals surface area contributed by atoms with Crippen molar-refractivity contribution in [2.45, 2.75) is 269 Å². The quantitative estimate of drug-likeness (QED) is 0.0196. The molecule has 0 radical (unpaired) electrons. The average molecular weight is 931 g/mol. The Morgan fingerprint density at radius 1 is 0.531 bits per heavy atom. The van der Waals surface area contributed by atoms with Gasteiger partial charge in [0.25, 0.3) is 10.1 Å². The van der Waals surface area contributed by atoms with Gasteiger partial charge in [0.15, 0.2) is 12.4 Å². The maximum Gasteiger partial charge on any atom is 0.306 e. The van der Waals surface area contributed by atoms with E-state index in [0.29, 0.717) is 12.8 Å². The maximum atomic E-state index is 12.9. The first kappa shape index (κ1) is 60.1. The summed E-state index contributed by atoms with van der Waals surface area (Å²) in [6.07, 6.45) is 37.8. The molecule has 0 bridgehead atoms. The van der Waals surface area contributed by atoms with Crippen molar-refractivity contribution >= 4 is 22.1 Å². The number of unbranched alkanes of at least 4 members (excludes halogenated alkanes) is 28. The van der Waals surface area contributed by atoms with Crippen LogP contribution in [0.25, 0.3) is 0 Å². The number of aliphatic hydroxyl groups excluding tert-OH is 3. The molecule has 1 saturated heterocycles. The second-order valence-corrected chi connectivity index (χ2v) is 19.7. The molecule has 0 aromatic carbocycles. The molecule has 1 aliphatic heterocycles. The summed E-state index contributed by atoms with van der Waals surface area (Å²) in [5.74, 6) is -1.97. The molecule has 376 valence electrons. The number of allylic oxidation sites excluding steroid dienone is 4. The van der Waals surface area contributed by atoms with Crippen LogP contribution in [0.1, 0.15) is 232 Å². The van der Waals surface area contributed by atoms with Gasteiger partial charge in [0.1, 0.15) is 36.8 Å². The lowest BCUT2D eigenvalue weighted by atomic mass is 10.00. The molecule has 0 aliphatic carbocycles. The monoisotopic (exact) mass is 931 g/mol. The summed E-state index contributed by atoms with van der Waals surface area (Å²) in [6, 6.07) is 0. The van der Waals surface area contributed by atoms with Crippen LogP contribution < -0.4 is 0 Å². The minimum Gasteiger partial charge on any atom is -0.462 e. The van der Waals surface area contributed by atoms with E-state index in [4.69, 9.17) is 18.9 Å². The minimum atomic E-state index is -4.60. The Kier molecular flexibility index (Phi) is 38.8. The number of hydrogen-bond acceptors (Lipinski definition) is 11. The van der Waals surface area contributed by atoms with Crippen LogP contribution in [0, 0.1) is 0 Å². The fourth-order valence-corrected chi connectivity index (χ4v) is 8.69. The molecule has 13 heteroatoms. The minimum absolute atomic E-state index is 0.162. The topological polar surface area (TPSA) is 186 Å². The molecule has 0 saturated carbocycles. The van der Waals surface area contributed by atoms with Gasteiger partial charge in [0.05, 0.1) is 6.61 Å². The second-order valence-electron chi connectivity index (χ2n) is 18.2. The Morgan fingerprint density at radius 2 is 0.938 bits per heavy atom. The van der Waals surface area contributed by atoms with Gasteiger partial charge in [0.2, 0.25) is 0 Å². The molecule has 64 heavy (non-hydrogen) atoms. The molecule has 12 nitrogen and oxygen atoms in total. The first-order valence-electron chi connectivity index (χ1n) is 25.9. The summed E-state index contributed by atoms with van der Waals surface area (Å²) in [7, 11) is -4.60. The van der Waals surface area contributed by atoms with E-state index >= 15 is 0 Å². The molecule has 4 N–H and O–H groups in total. The van der Waals surface area contributed by atoms with Crippen LogP contribution in [0.2, 0.25) is 0 Å². The van der Waals surface area contributed by atoms with Gasteiger partial charge in [-0.3, -0.25) is 14.1 Å². The van der Waals surface area contributed by atoms with E-state index < -0.39 is 71.2 Å². The van der Waals surface area contributed by atoms with Crippen LogP contribution in [-0.4, -0.2) is 96.0 Å². The van der Waals surface area contributed by atoms with Gasteiger partial charge in [-0.1, -0.05) is 199 Å². The number of ether oxygens (including phenoxy) is 4. The van der Waals surface area contributed by atoms with Crippen LogP contribution in [0.4, 0.5) is 0 Å². The van der Waals surface area contributed by atoms with Crippen LogP contribution in [-0.2, 0) is 38.7 Å². The Bertz CT molecular complexity index is 1270. The lowest BCUT2D eigenvalue weighted by molar-refractivity contribution is -0.297. The number of aliphatic hydroxyl groups is 3. The van der Waals surface area contributed by atoms with Gasteiger partial charge in [-0.25, -0.2) is 0 Å². The predicted octanol–water partition coefficient (Wildman–Crippen LogP) is 11.6. The third-order valence-corrected chi connectivity index (χ3v) is 12.8. The molecule has 1 fully saturated rings. The molecule has 0 amide bonds. The summed E-state index contributed by atoms with van der Waals surface area (Å²) >= 11 is 0. The number of carbonyl (C=O) groups excluding carboxylic acids is 2. The summed E-state index contributed by atoms with van der Waals surface area (Å²) in [4.78, 5) is 25.5. The molecule has 6 atom stereocenters. The Morgan fingerprint density at radius 3 is 1.41 bits per heavy atom. The highest BCUT2D eigenvalue weighted by atomic mass is 32.2. The van der Waals surface area contributed by atoms with Crippen LogP contribution >= 0.6 is 0 Å². The van der Waals surface area contributed by atoms with E-state index in [1.165, 1.54) is 141 Å². The van der Waals surface area contributed by atoms with E-state index in [0.717, 1.165) is 51.4 Å². The van der Waals surface area contributed by atoms with E-state index in [2.05, 4.69) is 38.2 Å². The Hall–Kier alpha value is -1.87. The zero-order valence-corrected chi connectivity index (χ0v) is 41.2. The molecule has 1 heterocycles. The first-order chi connectivity index (χ1) is 31.0. The highest BCUT2D eigenvalue weighted by molar-refractivity contribution is 7.85. The molecule has 0 spiro atoms. The Labute approximate surface area is 389 Å². The summed E-state index contributed by atoms with van der Waals surface area (Å²) in [5.41, 5.74) is 0. The molecule has 1 rings (SSSR count). The highest BCUT2D eigenvalue weighted by Gasteiger charge is 2.46. The fraction of sp³-hybridized carbons (Fsp3) is 0.882. The third-order valence-electron chi connectivity index (χ3n) is 12.0. The van der Waals surface area contributed by atoms with Gasteiger partial charge in [-0.15, -0.1) is 0 Å². The molecule has 2 unspecified atom stereocenters. The number of rotatable bonds is 44. The lowest BCUT2D eigenvalue weighted by Gasteiger charge is -2.40. The van der Waals surface area contributed by atoms with Crippen molar-refractivity contribution in [3.8, 4) is 0 Å². The molecular formula is C51H94O12S. The second kappa shape index (κ2) is 41.3. The summed E-state index contributed by atoms with van der Waals surface area (Å²) in [5, 5.41) is 31.0. The normalized spacial score (nSPS) is 19.8. The van der Waals surface area contributed by atoms with Crippen molar-refractivity contribution in [3.63, 3.8) is 0 Å². The predicted molar refractivity (Wildman–Crippen MR) is 256 cm³/mol. The number of esters is 2. The molecule has 0 aromatic heterocycles. The van der Waals surface area contributed by atoms with Gasteiger partial charge in [0, 0.05) is 12.8 Å². The smallest absolute Gasteiger partial charge is 0.306 e. The van der Waals surface area contributed by atoms with E-state index in [1.54, 1.807) is 0 Å². The zero-order chi connectivity index (χ0) is 46.9. The summed E-state index contributed by atoms with van der Waals surface area (Å²) < 4.78 is 54.2. The molecule has 0 aromatic rings. The van der Waals surface area contributed by atoms with Crippen molar-refractivity contribution in [3.05, 3.63) is 24.3 Å². The van der Waals surface area contributed by atoms with Crippen LogP contribution in [0.3, 0.4) is 0 Å². The van der Waals surface area contributed by atoms with E-state index in [-0.39, 0.29) is 19.4 Å². The number of carbonyl (C=O) groups is 2. The van der Waals surface area contributed by atoms with E-state index in [9.17, 15) is 37.9 Å². The fourth-order valence-electron chi connectivity index (χ4n) is 8.00. The third kappa shape index (κ3) is 35.3. The van der Waals surface area contributed by atoms with Crippen molar-refractivity contribution in [1.82, 2.24) is 0 Å². The van der Waals surface area contributed by atoms with Crippen molar-refractivity contribution in [2.24, 2.45) is 0 Å². The van der Waals surface area contributed by atoms with Gasteiger partial charge < -0.3 is 34.3 Å². The van der Waals surface area contributed by atoms with Gasteiger partial charge in [-0.05, 0) is 44.9 Å². The van der Waals surface area contributed by atoms with Gasteiger partial charge >= 0.3 is 11.9 Å². The molecule has 1 aliphatic rings. The maximum absolute atomic E-state index is 12.9. The van der Waals surface area contributed by atoms with E-state index in [1.807, 2.05) is 0 Å². The Balaban J connectivity index is 2.37. The van der Waals surface area contributed by atoms with Crippen molar-refractivity contribution < 1.29 is 56.8 Å². The van der Waals surface area contributed by atoms with Crippen molar-refractivity contribution in [1.29, 1.82) is 0 Å².